The number of nitrogens with one attached hydrogen (secondary N) is 1. The van der Waals surface area contributed by atoms with E-state index in [1.807, 2.05) is 19.1 Å². The van der Waals surface area contributed by atoms with Crippen LogP contribution in [-0.2, 0) is 0 Å². The lowest BCUT2D eigenvalue weighted by atomic mass is 9.94. The highest BCUT2D eigenvalue weighted by Crippen LogP contribution is 2.22. The van der Waals surface area contributed by atoms with Crippen LogP contribution >= 0.6 is 0 Å². The second-order valence-corrected chi connectivity index (χ2v) is 5.00. The summed E-state index contributed by atoms with van der Waals surface area (Å²) in [6, 6.07) is 3.66. The van der Waals surface area contributed by atoms with Gasteiger partial charge in [0, 0.05) is 12.7 Å². The Hall–Kier alpha value is -1.29. The lowest BCUT2D eigenvalue weighted by molar-refractivity contribution is 0.0514. The summed E-state index contributed by atoms with van der Waals surface area (Å²) in [6.45, 7) is 6.47. The Morgan fingerprint density at radius 3 is 2.82 bits per heavy atom. The molecule has 0 radical (unpaired) electrons. The molecule has 0 aliphatic carbocycles. The van der Waals surface area contributed by atoms with Crippen molar-refractivity contribution >= 4 is 5.82 Å². The lowest BCUT2D eigenvalue weighted by Crippen LogP contribution is -2.35. The molecule has 1 rings (SSSR count). The van der Waals surface area contributed by atoms with Gasteiger partial charge in [0.2, 0.25) is 0 Å². The normalized spacial score (nSPS) is 14.5. The summed E-state index contributed by atoms with van der Waals surface area (Å²) in [5.41, 5.74) is -0.739. The molecule has 0 spiro atoms. The minimum Gasteiger partial charge on any atom is -0.493 e. The van der Waals surface area contributed by atoms with Crippen molar-refractivity contribution in [3.05, 3.63) is 18.3 Å². The molecule has 17 heavy (non-hydrogen) atoms. The summed E-state index contributed by atoms with van der Waals surface area (Å²) in [4.78, 5) is 4.18. The highest BCUT2D eigenvalue weighted by Gasteiger charge is 2.22. The molecule has 0 amide bonds. The van der Waals surface area contributed by atoms with Gasteiger partial charge in [0.25, 0.3) is 0 Å². The third-order valence-corrected chi connectivity index (χ3v) is 2.48. The van der Waals surface area contributed by atoms with E-state index in [0.29, 0.717) is 24.0 Å². The van der Waals surface area contributed by atoms with E-state index in [9.17, 15) is 5.11 Å². The number of pyridine rings is 1. The Labute approximate surface area is 103 Å². The standard InChI is InChI=1S/C13H22N2O2/c1-10(2)8-13(3,16)9-15-12-11(17-4)6-5-7-14-12/h5-7,10,16H,8-9H2,1-4H3,(H,14,15). The van der Waals surface area contributed by atoms with Crippen molar-refractivity contribution in [2.45, 2.75) is 32.8 Å². The molecule has 4 nitrogen and oxygen atoms in total. The van der Waals surface area contributed by atoms with Crippen LogP contribution in [0.2, 0.25) is 0 Å². The number of rotatable bonds is 6. The first-order valence-electron chi connectivity index (χ1n) is 5.90. The van der Waals surface area contributed by atoms with Gasteiger partial charge in [-0.1, -0.05) is 13.8 Å². The SMILES string of the molecule is COc1cccnc1NCC(C)(O)CC(C)C. The van der Waals surface area contributed by atoms with Crippen LogP contribution in [0.1, 0.15) is 27.2 Å². The molecule has 0 aromatic carbocycles. The Balaban J connectivity index is 2.60. The van der Waals surface area contributed by atoms with E-state index < -0.39 is 5.60 Å². The molecule has 0 aliphatic heterocycles. The molecule has 1 unspecified atom stereocenters. The Morgan fingerprint density at radius 1 is 1.53 bits per heavy atom. The molecule has 0 saturated carbocycles. The molecule has 0 aliphatic rings. The van der Waals surface area contributed by atoms with Crippen LogP contribution in [0.25, 0.3) is 0 Å². The maximum Gasteiger partial charge on any atom is 0.168 e. The van der Waals surface area contributed by atoms with Gasteiger partial charge >= 0.3 is 0 Å². The predicted molar refractivity (Wildman–Crippen MR) is 69.4 cm³/mol. The van der Waals surface area contributed by atoms with Crippen molar-refractivity contribution in [2.75, 3.05) is 19.0 Å². The summed E-state index contributed by atoms with van der Waals surface area (Å²) in [7, 11) is 1.61. The minimum absolute atomic E-state index is 0.456. The van der Waals surface area contributed by atoms with E-state index in [1.54, 1.807) is 13.3 Å². The topological polar surface area (TPSA) is 54.4 Å². The van der Waals surface area contributed by atoms with Gasteiger partial charge < -0.3 is 15.2 Å². The molecule has 1 aromatic rings. The second-order valence-electron chi connectivity index (χ2n) is 5.00. The van der Waals surface area contributed by atoms with Crippen LogP contribution in [0.5, 0.6) is 5.75 Å². The number of methoxy groups -OCH3 is 1. The smallest absolute Gasteiger partial charge is 0.168 e. The van der Waals surface area contributed by atoms with Gasteiger partial charge in [0.15, 0.2) is 11.6 Å². The fourth-order valence-electron chi connectivity index (χ4n) is 1.91. The van der Waals surface area contributed by atoms with Crippen molar-refractivity contribution in [3.63, 3.8) is 0 Å². The Bertz CT molecular complexity index is 351. The number of ether oxygens (including phenoxy) is 1. The number of anilines is 1. The molecular formula is C13H22N2O2. The predicted octanol–water partition coefficient (Wildman–Crippen LogP) is 2.30. The summed E-state index contributed by atoms with van der Waals surface area (Å²) in [6.07, 6.45) is 2.44. The maximum atomic E-state index is 10.2. The molecule has 1 heterocycles. The number of aromatic nitrogens is 1. The monoisotopic (exact) mass is 238 g/mol. The average molecular weight is 238 g/mol. The number of hydrogen-bond acceptors (Lipinski definition) is 4. The zero-order valence-corrected chi connectivity index (χ0v) is 11.0. The summed E-state index contributed by atoms with van der Waals surface area (Å²) in [5, 5.41) is 13.3. The van der Waals surface area contributed by atoms with E-state index in [-0.39, 0.29) is 0 Å². The largest absolute Gasteiger partial charge is 0.493 e. The Morgan fingerprint density at radius 2 is 2.24 bits per heavy atom. The van der Waals surface area contributed by atoms with Gasteiger partial charge in [-0.15, -0.1) is 0 Å². The van der Waals surface area contributed by atoms with E-state index >= 15 is 0 Å². The zero-order chi connectivity index (χ0) is 12.9. The van der Waals surface area contributed by atoms with Crippen LogP contribution in [0.4, 0.5) is 5.82 Å². The van der Waals surface area contributed by atoms with Gasteiger partial charge in [0.05, 0.1) is 12.7 Å². The molecule has 1 atom stereocenters. The number of aliphatic hydroxyl groups is 1. The summed E-state index contributed by atoms with van der Waals surface area (Å²) >= 11 is 0. The number of hydrogen-bond donors (Lipinski definition) is 2. The first kappa shape index (κ1) is 13.8. The van der Waals surface area contributed by atoms with Crippen molar-refractivity contribution in [1.82, 2.24) is 4.98 Å². The zero-order valence-electron chi connectivity index (χ0n) is 11.0. The highest BCUT2D eigenvalue weighted by atomic mass is 16.5. The van der Waals surface area contributed by atoms with Crippen LogP contribution in [0, 0.1) is 5.92 Å². The van der Waals surface area contributed by atoms with E-state index in [2.05, 4.69) is 24.1 Å². The van der Waals surface area contributed by atoms with Crippen LogP contribution in [-0.4, -0.2) is 29.3 Å². The van der Waals surface area contributed by atoms with Crippen molar-refractivity contribution in [2.24, 2.45) is 5.92 Å². The second kappa shape index (κ2) is 5.87. The fourth-order valence-corrected chi connectivity index (χ4v) is 1.91. The molecular weight excluding hydrogens is 216 g/mol. The van der Waals surface area contributed by atoms with Gasteiger partial charge in [-0.3, -0.25) is 0 Å². The Kier molecular flexibility index (Phi) is 4.75. The van der Waals surface area contributed by atoms with E-state index in [1.165, 1.54) is 0 Å². The van der Waals surface area contributed by atoms with E-state index in [4.69, 9.17) is 4.74 Å². The maximum absolute atomic E-state index is 10.2. The first-order valence-corrected chi connectivity index (χ1v) is 5.90. The van der Waals surface area contributed by atoms with E-state index in [0.717, 1.165) is 6.42 Å². The summed E-state index contributed by atoms with van der Waals surface area (Å²) in [5.74, 6) is 1.81. The van der Waals surface area contributed by atoms with Gasteiger partial charge in [-0.2, -0.15) is 0 Å². The summed E-state index contributed by atoms with van der Waals surface area (Å²) < 4.78 is 5.19. The van der Waals surface area contributed by atoms with Gasteiger partial charge in [0.1, 0.15) is 0 Å². The molecule has 4 heteroatoms. The molecule has 0 fully saturated rings. The van der Waals surface area contributed by atoms with Crippen molar-refractivity contribution < 1.29 is 9.84 Å². The molecule has 0 saturated heterocycles. The quantitative estimate of drug-likeness (QED) is 0.798. The molecule has 96 valence electrons. The minimum atomic E-state index is -0.739. The average Bonchev–Trinajstić information content (AvgIpc) is 2.25. The van der Waals surface area contributed by atoms with Crippen LogP contribution in [0.3, 0.4) is 0 Å². The van der Waals surface area contributed by atoms with Gasteiger partial charge in [-0.05, 0) is 31.4 Å². The van der Waals surface area contributed by atoms with Crippen LogP contribution < -0.4 is 10.1 Å². The first-order chi connectivity index (χ1) is 7.94. The van der Waals surface area contributed by atoms with Crippen molar-refractivity contribution in [3.8, 4) is 5.75 Å². The third-order valence-electron chi connectivity index (χ3n) is 2.48. The number of nitrogens with zero attached hydrogens (tertiary/aromatic N) is 1. The van der Waals surface area contributed by atoms with Crippen LogP contribution in [0.15, 0.2) is 18.3 Å². The molecule has 0 bridgehead atoms. The highest BCUT2D eigenvalue weighted by molar-refractivity contribution is 5.49. The van der Waals surface area contributed by atoms with Gasteiger partial charge in [-0.25, -0.2) is 4.98 Å². The third kappa shape index (κ3) is 4.61. The fraction of sp³-hybridized carbons (Fsp3) is 0.615. The molecule has 2 N–H and O–H groups in total. The molecule has 1 aromatic heterocycles. The van der Waals surface area contributed by atoms with Crippen molar-refractivity contribution in [1.29, 1.82) is 0 Å². The lowest BCUT2D eigenvalue weighted by Gasteiger charge is -2.26.